The third kappa shape index (κ3) is 4.19. The van der Waals surface area contributed by atoms with Crippen molar-refractivity contribution in [2.45, 2.75) is 44.2 Å². The quantitative estimate of drug-likeness (QED) is 0.211. The van der Waals surface area contributed by atoms with Gasteiger partial charge in [0, 0.05) is 0 Å². The Morgan fingerprint density at radius 2 is 1.69 bits per heavy atom. The number of fused-ring (bicyclic) bond motifs is 5. The van der Waals surface area contributed by atoms with E-state index in [2.05, 4.69) is 24.3 Å². The summed E-state index contributed by atoms with van der Waals surface area (Å²) in [5.74, 6) is 0.944. The normalized spacial score (nSPS) is 15.9. The van der Waals surface area contributed by atoms with E-state index in [9.17, 15) is 17.6 Å². The molecule has 4 aromatic rings. The highest BCUT2D eigenvalue weighted by Gasteiger charge is 2.33. The van der Waals surface area contributed by atoms with Crippen LogP contribution in [0.15, 0.2) is 54.6 Å². The van der Waals surface area contributed by atoms with Crippen LogP contribution < -0.4 is 9.47 Å². The Bertz CT molecular complexity index is 1410. The van der Waals surface area contributed by atoms with Crippen molar-refractivity contribution in [3.05, 3.63) is 82.7 Å². The fourth-order valence-corrected chi connectivity index (χ4v) is 5.64. The summed E-state index contributed by atoms with van der Waals surface area (Å²) < 4.78 is 65.5. The summed E-state index contributed by atoms with van der Waals surface area (Å²) in [5, 5.41) is 4.16. The van der Waals surface area contributed by atoms with Crippen molar-refractivity contribution in [1.29, 1.82) is 0 Å². The maximum absolute atomic E-state index is 13.8. The van der Waals surface area contributed by atoms with Crippen molar-refractivity contribution in [1.82, 2.24) is 0 Å². The lowest BCUT2D eigenvalue weighted by molar-refractivity contribution is -0.138. The zero-order valence-electron chi connectivity index (χ0n) is 19.6. The summed E-state index contributed by atoms with van der Waals surface area (Å²) >= 11 is 0. The van der Waals surface area contributed by atoms with E-state index < -0.39 is 17.6 Å². The summed E-state index contributed by atoms with van der Waals surface area (Å²) in [7, 11) is 3.28. The molecule has 1 atom stereocenters. The van der Waals surface area contributed by atoms with Crippen LogP contribution in [0.3, 0.4) is 0 Å². The molecule has 0 bridgehead atoms. The number of alkyl halides is 3. The second kappa shape index (κ2) is 9.06. The number of hydrogen-bond donors (Lipinski definition) is 0. The summed E-state index contributed by atoms with van der Waals surface area (Å²) in [6.07, 6.45) is -1.05. The minimum absolute atomic E-state index is 0.0187. The van der Waals surface area contributed by atoms with Gasteiger partial charge in [-0.2, -0.15) is 13.2 Å². The summed E-state index contributed by atoms with van der Waals surface area (Å²) in [6, 6.07) is 14.9. The van der Waals surface area contributed by atoms with E-state index in [-0.39, 0.29) is 17.9 Å². The van der Waals surface area contributed by atoms with E-state index in [1.807, 2.05) is 12.1 Å². The van der Waals surface area contributed by atoms with Crippen LogP contribution in [-0.4, -0.2) is 14.2 Å². The first-order chi connectivity index (χ1) is 16.8. The van der Waals surface area contributed by atoms with Crippen LogP contribution in [0.5, 0.6) is 11.5 Å². The van der Waals surface area contributed by atoms with E-state index in [0.717, 1.165) is 76.1 Å². The topological polar surface area (TPSA) is 18.5 Å². The molecule has 2 nitrogen and oxygen atoms in total. The maximum atomic E-state index is 13.8. The average molecular weight is 483 g/mol. The lowest BCUT2D eigenvalue weighted by Gasteiger charge is -2.28. The molecule has 35 heavy (non-hydrogen) atoms. The number of benzene rings is 4. The molecule has 5 rings (SSSR count). The van der Waals surface area contributed by atoms with Gasteiger partial charge in [0.05, 0.1) is 25.2 Å². The molecule has 4 aromatic carbocycles. The Hall–Kier alpha value is -3.28. The van der Waals surface area contributed by atoms with E-state index >= 15 is 0 Å². The molecule has 0 radical (unpaired) electrons. The maximum Gasteiger partial charge on any atom is 0.416 e. The van der Waals surface area contributed by atoms with Crippen molar-refractivity contribution in [3.63, 3.8) is 0 Å². The zero-order valence-corrected chi connectivity index (χ0v) is 19.6. The minimum atomic E-state index is -4.50. The first-order valence-corrected chi connectivity index (χ1v) is 11.8. The summed E-state index contributed by atoms with van der Waals surface area (Å²) in [4.78, 5) is 0. The second-order valence-corrected chi connectivity index (χ2v) is 9.12. The lowest BCUT2D eigenvalue weighted by atomic mass is 9.77. The van der Waals surface area contributed by atoms with Crippen LogP contribution in [0.25, 0.3) is 21.5 Å². The Kier molecular flexibility index (Phi) is 6.07. The minimum Gasteiger partial charge on any atom is -0.496 e. The van der Waals surface area contributed by atoms with Gasteiger partial charge in [0.25, 0.3) is 0 Å². The molecule has 0 saturated carbocycles. The highest BCUT2D eigenvalue weighted by Crippen LogP contribution is 2.45. The fraction of sp³-hybridized carbons (Fsp3) is 0.310. The SMILES string of the molecule is COc1cccc2c1c(OC)cc1c3c(ccc12)C(CCc1cc(F)ccc1C(F)(F)F)CCC3. The highest BCUT2D eigenvalue weighted by atomic mass is 19.4. The van der Waals surface area contributed by atoms with Gasteiger partial charge in [-0.1, -0.05) is 24.3 Å². The number of halogens is 4. The van der Waals surface area contributed by atoms with E-state index in [4.69, 9.17) is 9.47 Å². The Labute approximate surface area is 201 Å². The largest absolute Gasteiger partial charge is 0.496 e. The third-order valence-corrected chi connectivity index (χ3v) is 7.23. The summed E-state index contributed by atoms with van der Waals surface area (Å²) in [6.45, 7) is 0. The third-order valence-electron chi connectivity index (χ3n) is 7.23. The number of methoxy groups -OCH3 is 2. The van der Waals surface area contributed by atoms with Gasteiger partial charge < -0.3 is 9.47 Å². The van der Waals surface area contributed by atoms with Gasteiger partial charge in [-0.15, -0.1) is 0 Å². The van der Waals surface area contributed by atoms with Gasteiger partial charge >= 0.3 is 6.18 Å². The van der Waals surface area contributed by atoms with Crippen molar-refractivity contribution in [3.8, 4) is 11.5 Å². The zero-order chi connectivity index (χ0) is 24.7. The summed E-state index contributed by atoms with van der Waals surface area (Å²) in [5.41, 5.74) is 1.65. The molecule has 182 valence electrons. The lowest BCUT2D eigenvalue weighted by Crippen LogP contribution is -2.14. The molecule has 0 saturated heterocycles. The van der Waals surface area contributed by atoms with Gasteiger partial charge in [-0.05, 0) is 101 Å². The van der Waals surface area contributed by atoms with Gasteiger partial charge in [-0.25, -0.2) is 4.39 Å². The van der Waals surface area contributed by atoms with Crippen LogP contribution in [0.2, 0.25) is 0 Å². The first-order valence-electron chi connectivity index (χ1n) is 11.8. The van der Waals surface area contributed by atoms with Crippen molar-refractivity contribution in [2.75, 3.05) is 14.2 Å². The van der Waals surface area contributed by atoms with Crippen molar-refractivity contribution in [2.24, 2.45) is 0 Å². The Morgan fingerprint density at radius 1 is 0.886 bits per heavy atom. The molecule has 0 aliphatic heterocycles. The van der Waals surface area contributed by atoms with Crippen LogP contribution in [0.1, 0.15) is 47.4 Å². The molecule has 0 spiro atoms. The molecule has 0 fully saturated rings. The molecule has 6 heteroatoms. The molecule has 1 aliphatic carbocycles. The predicted molar refractivity (Wildman–Crippen MR) is 130 cm³/mol. The van der Waals surface area contributed by atoms with Crippen LogP contribution in [0, 0.1) is 5.82 Å². The Morgan fingerprint density at radius 3 is 2.43 bits per heavy atom. The van der Waals surface area contributed by atoms with E-state index in [0.29, 0.717) is 6.42 Å². The van der Waals surface area contributed by atoms with E-state index in [1.165, 1.54) is 5.56 Å². The van der Waals surface area contributed by atoms with Gasteiger partial charge in [0.2, 0.25) is 0 Å². The number of aryl methyl sites for hydroxylation is 2. The molecule has 1 aliphatic rings. The first kappa shape index (κ1) is 23.5. The van der Waals surface area contributed by atoms with Crippen molar-refractivity contribution >= 4 is 21.5 Å². The second-order valence-electron chi connectivity index (χ2n) is 9.12. The number of rotatable bonds is 5. The number of ether oxygens (including phenoxy) is 2. The number of hydrogen-bond acceptors (Lipinski definition) is 2. The Balaban J connectivity index is 1.56. The molecular weight excluding hydrogens is 456 g/mol. The van der Waals surface area contributed by atoms with Gasteiger partial charge in [0.1, 0.15) is 17.3 Å². The molecule has 0 N–H and O–H groups in total. The standard InChI is InChI=1S/C29H26F4O2/c1-34-26-8-4-7-23-22-13-12-20-17(5-3-6-21(20)24(22)16-27(35-2)28(23)26)9-10-18-15-19(30)11-14-25(18)29(31,32)33/h4,7-8,11-17H,3,5-6,9-10H2,1-2H3. The van der Waals surface area contributed by atoms with Crippen molar-refractivity contribution < 1.29 is 27.0 Å². The molecule has 0 aromatic heterocycles. The van der Waals surface area contributed by atoms with Crippen LogP contribution >= 0.6 is 0 Å². The average Bonchev–Trinajstić information content (AvgIpc) is 2.85. The fourth-order valence-electron chi connectivity index (χ4n) is 5.64. The monoisotopic (exact) mass is 482 g/mol. The molecular formula is C29H26F4O2. The van der Waals surface area contributed by atoms with Crippen LogP contribution in [-0.2, 0) is 19.0 Å². The van der Waals surface area contributed by atoms with Gasteiger partial charge in [0.15, 0.2) is 0 Å². The smallest absolute Gasteiger partial charge is 0.416 e. The predicted octanol–water partition coefficient (Wildman–Crippen LogP) is 8.22. The van der Waals surface area contributed by atoms with E-state index in [1.54, 1.807) is 14.2 Å². The highest BCUT2D eigenvalue weighted by molar-refractivity contribution is 6.13. The van der Waals surface area contributed by atoms with Gasteiger partial charge in [-0.3, -0.25) is 0 Å². The van der Waals surface area contributed by atoms with Crippen LogP contribution in [0.4, 0.5) is 17.6 Å². The molecule has 0 heterocycles. The molecule has 1 unspecified atom stereocenters. The molecule has 0 amide bonds.